The zero-order valence-electron chi connectivity index (χ0n) is 19.5. The summed E-state index contributed by atoms with van der Waals surface area (Å²) >= 11 is 0. The van der Waals surface area contributed by atoms with Gasteiger partial charge in [-0.3, -0.25) is 4.79 Å². The van der Waals surface area contributed by atoms with Gasteiger partial charge in [0.2, 0.25) is 0 Å². The number of aromatic nitrogens is 2. The molecule has 34 heavy (non-hydrogen) atoms. The maximum absolute atomic E-state index is 13.6. The van der Waals surface area contributed by atoms with Gasteiger partial charge >= 0.3 is 0 Å². The number of nitrogens with one attached hydrogen (secondary N) is 1. The topological polar surface area (TPSA) is 70.4 Å². The number of rotatable bonds is 5. The zero-order valence-corrected chi connectivity index (χ0v) is 19.5. The van der Waals surface area contributed by atoms with Crippen molar-refractivity contribution in [2.45, 2.75) is 58.2 Å². The van der Waals surface area contributed by atoms with E-state index < -0.39 is 6.10 Å². The summed E-state index contributed by atoms with van der Waals surface area (Å²) in [5.74, 6) is 1.14. The van der Waals surface area contributed by atoms with Gasteiger partial charge in [0.05, 0.1) is 6.54 Å². The smallest absolute Gasteiger partial charge is 0.252 e. The Morgan fingerprint density at radius 2 is 1.76 bits per heavy atom. The van der Waals surface area contributed by atoms with E-state index in [0.717, 1.165) is 54.3 Å². The number of aliphatic hydroxyl groups is 1. The number of fused-ring (bicyclic) bond motifs is 1. The van der Waals surface area contributed by atoms with Crippen molar-refractivity contribution in [3.63, 3.8) is 0 Å². The molecule has 1 amide bonds. The summed E-state index contributed by atoms with van der Waals surface area (Å²) in [6, 6.07) is 14.4. The monoisotopic (exact) mass is 462 g/mol. The molecule has 2 heterocycles. The van der Waals surface area contributed by atoms with Crippen molar-refractivity contribution >= 4 is 17.4 Å². The van der Waals surface area contributed by atoms with Gasteiger partial charge in [0.15, 0.2) is 0 Å². The normalized spacial score (nSPS) is 17.3. The number of benzene rings is 2. The number of carbonyl (C=O) groups is 1. The molecule has 0 spiro atoms. The summed E-state index contributed by atoms with van der Waals surface area (Å²) < 4.78 is 15.7. The number of carbonyl (C=O) groups excluding carboxylic acids is 1. The molecule has 0 bridgehead atoms. The average molecular weight is 463 g/mol. The summed E-state index contributed by atoms with van der Waals surface area (Å²) in [4.78, 5) is 19.7. The largest absolute Gasteiger partial charge is 0.383 e. The van der Waals surface area contributed by atoms with Crippen LogP contribution in [0, 0.1) is 18.7 Å². The Morgan fingerprint density at radius 3 is 2.47 bits per heavy atom. The molecule has 1 aliphatic carbocycles. The number of hydrogen-bond acceptors (Lipinski definition) is 4. The summed E-state index contributed by atoms with van der Waals surface area (Å²) in [7, 11) is 0. The van der Waals surface area contributed by atoms with E-state index in [9.17, 15) is 14.3 Å². The Hall–Kier alpha value is -3.19. The maximum Gasteiger partial charge on any atom is 0.252 e. The fraction of sp³-hybridized carbons (Fsp3) is 0.407. The van der Waals surface area contributed by atoms with E-state index in [2.05, 4.69) is 9.88 Å². The van der Waals surface area contributed by atoms with Crippen LogP contribution in [0.15, 0.2) is 48.5 Å². The molecular weight excluding hydrogens is 431 g/mol. The third-order valence-electron chi connectivity index (χ3n) is 7.07. The highest BCUT2D eigenvalue weighted by molar-refractivity contribution is 5.81. The molecule has 1 aliphatic heterocycles. The molecule has 0 unspecified atom stereocenters. The number of amides is 1. The fourth-order valence-corrected chi connectivity index (χ4v) is 5.07. The lowest BCUT2D eigenvalue weighted by Gasteiger charge is -2.33. The van der Waals surface area contributed by atoms with Crippen molar-refractivity contribution in [2.75, 3.05) is 11.9 Å². The van der Waals surface area contributed by atoms with E-state index in [4.69, 9.17) is 4.98 Å². The molecule has 0 saturated heterocycles. The third kappa shape index (κ3) is 4.57. The second-order valence-corrected chi connectivity index (χ2v) is 9.48. The number of nitrogens with zero attached hydrogens (tertiary/aromatic N) is 3. The van der Waals surface area contributed by atoms with Gasteiger partial charge in [-0.05, 0) is 62.1 Å². The predicted molar refractivity (Wildman–Crippen MR) is 130 cm³/mol. The van der Waals surface area contributed by atoms with E-state index >= 15 is 0 Å². The van der Waals surface area contributed by atoms with Gasteiger partial charge in [0, 0.05) is 24.3 Å². The Morgan fingerprint density at radius 1 is 1.06 bits per heavy atom. The van der Waals surface area contributed by atoms with Crippen molar-refractivity contribution in [1.29, 1.82) is 0 Å². The van der Waals surface area contributed by atoms with Crippen LogP contribution in [-0.4, -0.2) is 38.1 Å². The number of halogens is 1. The van der Waals surface area contributed by atoms with Crippen LogP contribution in [0.3, 0.4) is 0 Å². The molecule has 1 saturated carbocycles. The van der Waals surface area contributed by atoms with Gasteiger partial charge in [-0.2, -0.15) is 0 Å². The van der Waals surface area contributed by atoms with Gasteiger partial charge in [0.25, 0.3) is 5.91 Å². The number of hydrogen-bond donors (Lipinski definition) is 2. The Balaban J connectivity index is 1.44. The Labute approximate surface area is 199 Å². The molecule has 1 aromatic heterocycles. The van der Waals surface area contributed by atoms with Gasteiger partial charge < -0.3 is 19.9 Å². The van der Waals surface area contributed by atoms with E-state index in [1.54, 1.807) is 17.0 Å². The first kappa shape index (κ1) is 22.6. The van der Waals surface area contributed by atoms with Crippen molar-refractivity contribution < 1.29 is 14.3 Å². The van der Waals surface area contributed by atoms with Crippen LogP contribution >= 0.6 is 0 Å². The summed E-state index contributed by atoms with van der Waals surface area (Å²) in [6.45, 7) is 3.46. The highest BCUT2D eigenvalue weighted by Gasteiger charge is 2.34. The molecule has 178 valence electrons. The Bertz CT molecular complexity index is 1150. The van der Waals surface area contributed by atoms with E-state index in [1.165, 1.54) is 24.1 Å². The minimum atomic E-state index is -0.941. The number of aliphatic hydroxyl groups excluding tert-OH is 1. The molecule has 2 aliphatic rings. The lowest BCUT2D eigenvalue weighted by atomic mass is 9.85. The van der Waals surface area contributed by atoms with Crippen LogP contribution in [0.25, 0.3) is 11.3 Å². The number of aryl methyl sites for hydroxylation is 1. The van der Waals surface area contributed by atoms with Gasteiger partial charge in [-0.25, -0.2) is 9.37 Å². The van der Waals surface area contributed by atoms with E-state index in [1.807, 2.05) is 31.2 Å². The quantitative estimate of drug-likeness (QED) is 0.558. The van der Waals surface area contributed by atoms with Gasteiger partial charge in [-0.15, -0.1) is 0 Å². The van der Waals surface area contributed by atoms with Crippen LogP contribution in [0.5, 0.6) is 0 Å². The van der Waals surface area contributed by atoms with Crippen LogP contribution < -0.4 is 5.32 Å². The van der Waals surface area contributed by atoms with E-state index in [0.29, 0.717) is 19.6 Å². The van der Waals surface area contributed by atoms with Crippen LogP contribution in [0.1, 0.15) is 43.5 Å². The molecule has 2 N–H and O–H groups in total. The zero-order chi connectivity index (χ0) is 23.7. The van der Waals surface area contributed by atoms with Crippen LogP contribution in [-0.2, 0) is 17.9 Å². The van der Waals surface area contributed by atoms with Gasteiger partial charge in [0.1, 0.15) is 29.3 Å². The molecule has 0 radical (unpaired) electrons. The first-order valence-corrected chi connectivity index (χ1v) is 12.2. The second kappa shape index (κ2) is 9.58. The van der Waals surface area contributed by atoms with Crippen LogP contribution in [0.4, 0.5) is 15.9 Å². The van der Waals surface area contributed by atoms with Crippen molar-refractivity contribution in [1.82, 2.24) is 14.5 Å². The molecule has 1 fully saturated rings. The molecule has 2 aromatic carbocycles. The highest BCUT2D eigenvalue weighted by Crippen LogP contribution is 2.34. The molecule has 5 rings (SSSR count). The van der Waals surface area contributed by atoms with E-state index in [-0.39, 0.29) is 17.6 Å². The lowest BCUT2D eigenvalue weighted by Crippen LogP contribution is -2.46. The maximum atomic E-state index is 13.6. The van der Waals surface area contributed by atoms with Crippen LogP contribution in [0.2, 0.25) is 0 Å². The SMILES string of the molecule is Cc1ccc(Nc2c(-c3ccc(F)cc3)nc3n2CCN(C(=O)[C@H](O)C2CCCCC2)C3)cc1. The fourth-order valence-electron chi connectivity index (χ4n) is 5.07. The minimum Gasteiger partial charge on any atom is -0.383 e. The highest BCUT2D eigenvalue weighted by atomic mass is 19.1. The Kier molecular flexibility index (Phi) is 6.37. The standard InChI is InChI=1S/C27H31FN4O2/c1-18-7-13-22(14-8-18)29-26-24(19-9-11-21(28)12-10-19)30-23-17-31(15-16-32(23)26)27(34)25(33)20-5-3-2-4-6-20/h7-14,20,25,29,33H,2-6,15-17H2,1H3/t25-/m1/s1. The number of imidazole rings is 1. The summed E-state index contributed by atoms with van der Waals surface area (Å²) in [5.41, 5.74) is 3.63. The van der Waals surface area contributed by atoms with Crippen molar-refractivity contribution in [2.24, 2.45) is 5.92 Å². The summed E-state index contributed by atoms with van der Waals surface area (Å²) in [6.07, 6.45) is 4.22. The second-order valence-electron chi connectivity index (χ2n) is 9.48. The summed E-state index contributed by atoms with van der Waals surface area (Å²) in [5, 5.41) is 14.3. The molecule has 7 heteroatoms. The predicted octanol–water partition coefficient (Wildman–Crippen LogP) is 5.02. The van der Waals surface area contributed by atoms with Crippen molar-refractivity contribution in [3.05, 3.63) is 65.7 Å². The average Bonchev–Trinajstić information content (AvgIpc) is 3.23. The molecule has 3 aromatic rings. The van der Waals surface area contributed by atoms with Gasteiger partial charge in [-0.1, -0.05) is 37.0 Å². The molecule has 1 atom stereocenters. The first-order valence-electron chi connectivity index (χ1n) is 12.2. The number of anilines is 2. The van der Waals surface area contributed by atoms with Crippen molar-refractivity contribution in [3.8, 4) is 11.3 Å². The molecule has 6 nitrogen and oxygen atoms in total. The lowest BCUT2D eigenvalue weighted by molar-refractivity contribution is -0.145. The first-order chi connectivity index (χ1) is 16.5. The molecular formula is C27H31FN4O2. The minimum absolute atomic E-state index is 0.0523. The third-order valence-corrected chi connectivity index (χ3v) is 7.07.